The molecule has 1 aromatic carbocycles. The zero-order valence-corrected chi connectivity index (χ0v) is 10.8. The second-order valence-corrected chi connectivity index (χ2v) is 4.47. The van der Waals surface area contributed by atoms with Gasteiger partial charge in [0.2, 0.25) is 0 Å². The minimum Gasteiger partial charge on any atom is -0.481 e. The van der Waals surface area contributed by atoms with Gasteiger partial charge in [-0.25, -0.2) is 0 Å². The van der Waals surface area contributed by atoms with Gasteiger partial charge in [-0.1, -0.05) is 12.1 Å². The van der Waals surface area contributed by atoms with Crippen LogP contribution in [0.15, 0.2) is 30.5 Å². The molecule has 0 bridgehead atoms. The highest BCUT2D eigenvalue weighted by atomic mass is 16.4. The van der Waals surface area contributed by atoms with Gasteiger partial charge in [-0.2, -0.15) is 5.10 Å². The van der Waals surface area contributed by atoms with Crippen LogP contribution in [0.2, 0.25) is 0 Å². The third-order valence-corrected chi connectivity index (χ3v) is 2.97. The molecule has 0 saturated heterocycles. The molecule has 0 aliphatic rings. The number of aliphatic carboxylic acids is 1. The van der Waals surface area contributed by atoms with Crippen LogP contribution >= 0.6 is 0 Å². The number of carbonyl (C=O) groups is 1. The molecular formula is C14H17N3O2. The van der Waals surface area contributed by atoms with Crippen LogP contribution in [0.3, 0.4) is 0 Å². The fraction of sp³-hybridized carbons (Fsp3) is 0.286. The molecule has 2 aromatic rings. The maximum Gasteiger partial charge on any atom is 0.303 e. The summed E-state index contributed by atoms with van der Waals surface area (Å²) in [4.78, 5) is 10.6. The number of aromatic nitrogens is 2. The number of aryl methyl sites for hydroxylation is 2. The van der Waals surface area contributed by atoms with Crippen molar-refractivity contribution in [2.45, 2.75) is 26.3 Å². The minimum atomic E-state index is -0.771. The standard InChI is InChI=1S/C14H17N3O2/c1-10-12(9-16-17-10)8-15-13-4-2-3-11(7-13)5-6-14(18)19/h2-4,7,9,15H,5-6,8H2,1H3,(H,16,17)(H,18,19). The van der Waals surface area contributed by atoms with Crippen molar-refractivity contribution in [2.75, 3.05) is 5.32 Å². The second-order valence-electron chi connectivity index (χ2n) is 4.47. The van der Waals surface area contributed by atoms with Crippen LogP contribution < -0.4 is 5.32 Å². The van der Waals surface area contributed by atoms with Crippen LogP contribution in [0.5, 0.6) is 0 Å². The molecule has 0 spiro atoms. The van der Waals surface area contributed by atoms with E-state index in [4.69, 9.17) is 5.11 Å². The number of aromatic amines is 1. The van der Waals surface area contributed by atoms with Crippen LogP contribution in [0, 0.1) is 6.92 Å². The molecule has 0 unspecified atom stereocenters. The average Bonchev–Trinajstić information content (AvgIpc) is 2.80. The SMILES string of the molecule is Cc1[nH]ncc1CNc1cccc(CCC(=O)O)c1. The molecule has 0 atom stereocenters. The van der Waals surface area contributed by atoms with Crippen LogP contribution in [0.25, 0.3) is 0 Å². The smallest absolute Gasteiger partial charge is 0.303 e. The largest absolute Gasteiger partial charge is 0.481 e. The van der Waals surface area contributed by atoms with Crippen molar-refractivity contribution in [2.24, 2.45) is 0 Å². The number of rotatable bonds is 6. The summed E-state index contributed by atoms with van der Waals surface area (Å²) in [5.74, 6) is -0.771. The van der Waals surface area contributed by atoms with E-state index in [9.17, 15) is 4.79 Å². The molecule has 0 aliphatic heterocycles. The van der Waals surface area contributed by atoms with Crippen molar-refractivity contribution < 1.29 is 9.90 Å². The highest BCUT2D eigenvalue weighted by molar-refractivity contribution is 5.67. The summed E-state index contributed by atoms with van der Waals surface area (Å²) >= 11 is 0. The summed E-state index contributed by atoms with van der Waals surface area (Å²) in [6.07, 6.45) is 2.51. The van der Waals surface area contributed by atoms with Gasteiger partial charge in [0.15, 0.2) is 0 Å². The van der Waals surface area contributed by atoms with Gasteiger partial charge in [0.25, 0.3) is 0 Å². The second kappa shape index (κ2) is 6.04. The molecule has 2 rings (SSSR count). The monoisotopic (exact) mass is 259 g/mol. The van der Waals surface area contributed by atoms with Crippen LogP contribution in [-0.2, 0) is 17.8 Å². The molecule has 0 fully saturated rings. The first-order chi connectivity index (χ1) is 9.15. The van der Waals surface area contributed by atoms with Crippen LogP contribution in [-0.4, -0.2) is 21.3 Å². The minimum absolute atomic E-state index is 0.157. The highest BCUT2D eigenvalue weighted by Crippen LogP contribution is 2.14. The van der Waals surface area contributed by atoms with E-state index in [0.717, 1.165) is 22.5 Å². The van der Waals surface area contributed by atoms with Gasteiger partial charge in [-0.3, -0.25) is 9.89 Å². The van der Waals surface area contributed by atoms with E-state index in [1.54, 1.807) is 6.20 Å². The van der Waals surface area contributed by atoms with Crippen molar-refractivity contribution in [3.05, 3.63) is 47.3 Å². The number of nitrogens with zero attached hydrogens (tertiary/aromatic N) is 1. The average molecular weight is 259 g/mol. The zero-order valence-electron chi connectivity index (χ0n) is 10.8. The molecule has 3 N–H and O–H groups in total. The topological polar surface area (TPSA) is 78.0 Å². The van der Waals surface area contributed by atoms with E-state index in [1.807, 2.05) is 31.2 Å². The molecule has 0 amide bonds. The Morgan fingerprint density at radius 2 is 2.32 bits per heavy atom. The summed E-state index contributed by atoms with van der Waals surface area (Å²) in [7, 11) is 0. The van der Waals surface area contributed by atoms with Gasteiger partial charge >= 0.3 is 5.97 Å². The lowest BCUT2D eigenvalue weighted by molar-refractivity contribution is -0.136. The molecular weight excluding hydrogens is 242 g/mol. The van der Waals surface area contributed by atoms with Gasteiger partial charge < -0.3 is 10.4 Å². The summed E-state index contributed by atoms with van der Waals surface area (Å²) in [5, 5.41) is 18.8. The van der Waals surface area contributed by atoms with Gasteiger partial charge in [0, 0.05) is 29.9 Å². The molecule has 19 heavy (non-hydrogen) atoms. The molecule has 5 heteroatoms. The number of H-pyrrole nitrogens is 1. The number of hydrogen-bond donors (Lipinski definition) is 3. The summed E-state index contributed by atoms with van der Waals surface area (Å²) in [5.41, 5.74) is 4.19. The van der Waals surface area contributed by atoms with E-state index in [2.05, 4.69) is 15.5 Å². The third-order valence-electron chi connectivity index (χ3n) is 2.97. The lowest BCUT2D eigenvalue weighted by Crippen LogP contribution is -2.01. The molecule has 100 valence electrons. The Bertz CT molecular complexity index is 563. The maximum atomic E-state index is 10.6. The van der Waals surface area contributed by atoms with Crippen molar-refractivity contribution in [1.29, 1.82) is 0 Å². The Balaban J connectivity index is 1.95. The lowest BCUT2D eigenvalue weighted by Gasteiger charge is -2.07. The maximum absolute atomic E-state index is 10.6. The number of carboxylic acid groups (broad SMARTS) is 1. The Labute approximate surface area is 111 Å². The lowest BCUT2D eigenvalue weighted by atomic mass is 10.1. The Morgan fingerprint density at radius 1 is 1.47 bits per heavy atom. The van der Waals surface area contributed by atoms with Gasteiger partial charge in [-0.05, 0) is 31.0 Å². The van der Waals surface area contributed by atoms with E-state index < -0.39 is 5.97 Å². The highest BCUT2D eigenvalue weighted by Gasteiger charge is 2.02. The fourth-order valence-corrected chi connectivity index (χ4v) is 1.84. The molecule has 1 heterocycles. The van der Waals surface area contributed by atoms with Gasteiger partial charge in [-0.15, -0.1) is 0 Å². The third kappa shape index (κ3) is 3.84. The van der Waals surface area contributed by atoms with E-state index in [-0.39, 0.29) is 6.42 Å². The summed E-state index contributed by atoms with van der Waals surface area (Å²) in [6.45, 7) is 2.68. The molecule has 0 aliphatic carbocycles. The Hall–Kier alpha value is -2.30. The fourth-order valence-electron chi connectivity index (χ4n) is 1.84. The first kappa shape index (κ1) is 13.1. The zero-order chi connectivity index (χ0) is 13.7. The number of hydrogen-bond acceptors (Lipinski definition) is 3. The van der Waals surface area contributed by atoms with Gasteiger partial charge in [0.05, 0.1) is 6.20 Å². The number of nitrogens with one attached hydrogen (secondary N) is 2. The number of carboxylic acids is 1. The van der Waals surface area contributed by atoms with Crippen LogP contribution in [0.4, 0.5) is 5.69 Å². The summed E-state index contributed by atoms with van der Waals surface area (Å²) < 4.78 is 0. The van der Waals surface area contributed by atoms with Crippen molar-refractivity contribution in [3.63, 3.8) is 0 Å². The quantitative estimate of drug-likeness (QED) is 0.744. The predicted molar refractivity (Wildman–Crippen MR) is 73.1 cm³/mol. The first-order valence-electron chi connectivity index (χ1n) is 6.18. The number of benzene rings is 1. The van der Waals surface area contributed by atoms with E-state index >= 15 is 0 Å². The molecule has 0 radical (unpaired) electrons. The normalized spacial score (nSPS) is 10.4. The molecule has 5 nitrogen and oxygen atoms in total. The van der Waals surface area contributed by atoms with Crippen molar-refractivity contribution in [1.82, 2.24) is 10.2 Å². The van der Waals surface area contributed by atoms with Crippen LogP contribution in [0.1, 0.15) is 23.2 Å². The van der Waals surface area contributed by atoms with E-state index in [0.29, 0.717) is 13.0 Å². The Morgan fingerprint density at radius 3 is 3.00 bits per heavy atom. The first-order valence-corrected chi connectivity index (χ1v) is 6.18. The van der Waals surface area contributed by atoms with Crippen molar-refractivity contribution in [3.8, 4) is 0 Å². The van der Waals surface area contributed by atoms with E-state index in [1.165, 1.54) is 0 Å². The predicted octanol–water partition coefficient (Wildman–Crippen LogP) is 2.35. The molecule has 0 saturated carbocycles. The number of anilines is 1. The summed E-state index contributed by atoms with van der Waals surface area (Å²) in [6, 6.07) is 7.83. The molecule has 1 aromatic heterocycles. The van der Waals surface area contributed by atoms with Gasteiger partial charge in [0.1, 0.15) is 0 Å². The Kier molecular flexibility index (Phi) is 4.18. The van der Waals surface area contributed by atoms with Crippen molar-refractivity contribution >= 4 is 11.7 Å².